The average Bonchev–Trinajstić information content (AvgIpc) is 2.85. The van der Waals surface area contributed by atoms with Gasteiger partial charge in [0.2, 0.25) is 11.8 Å². The van der Waals surface area contributed by atoms with Crippen LogP contribution < -0.4 is 21.3 Å². The minimum absolute atomic E-state index is 0.345. The van der Waals surface area contributed by atoms with Crippen molar-refractivity contribution in [3.8, 4) is 0 Å². The second-order valence-corrected chi connectivity index (χ2v) is 11.8. The largest absolute Gasteiger partial charge is 0.467 e. The number of nitrogens with one attached hydrogen (secondary N) is 4. The summed E-state index contributed by atoms with van der Waals surface area (Å²) < 4.78 is 40.0. The molecule has 0 aliphatic heterocycles. The number of aliphatic hydroxyl groups is 1. The first-order chi connectivity index (χ1) is 18.6. The smallest absolute Gasteiger partial charge is 0.408 e. The molecule has 5 N–H and O–H groups in total. The summed E-state index contributed by atoms with van der Waals surface area (Å²) in [6.45, 7) is 15.6. The van der Waals surface area contributed by atoms with Crippen LogP contribution in [0.1, 0.15) is 75.7 Å². The number of hydrogen-bond acceptors (Lipinski definition) is 8. The summed E-state index contributed by atoms with van der Waals surface area (Å²) in [6.07, 6.45) is -3.10. The molecule has 0 saturated heterocycles. The minimum Gasteiger partial charge on any atom is -0.467 e. The van der Waals surface area contributed by atoms with Crippen LogP contribution in [-0.4, -0.2) is 83.8 Å². The maximum atomic E-state index is 15.1. The van der Waals surface area contributed by atoms with Crippen molar-refractivity contribution in [1.29, 1.82) is 0 Å². The van der Waals surface area contributed by atoms with E-state index in [4.69, 9.17) is 9.47 Å². The SMILES string of the molecule is CC[C@H](C)[C@H](NC(=O)[C@@H](NC(=O)C(F)(F)[C@H](O)[C@H](C)NC(=O)[C@@H](NC(=O)OC(C)(C)C)C(C)C)C(C)C)C(=O)OC. The quantitative estimate of drug-likeness (QED) is 0.190. The first kappa shape index (κ1) is 38.0. The molecule has 0 saturated carbocycles. The average molecular weight is 595 g/mol. The normalized spacial score (nSPS) is 16.5. The Bertz CT molecular complexity index is 923. The van der Waals surface area contributed by atoms with Crippen LogP contribution in [0.15, 0.2) is 0 Å². The Kier molecular flexibility index (Phi) is 14.7. The van der Waals surface area contributed by atoms with E-state index in [9.17, 15) is 29.1 Å². The zero-order valence-corrected chi connectivity index (χ0v) is 25.9. The zero-order chi connectivity index (χ0) is 32.5. The van der Waals surface area contributed by atoms with Crippen LogP contribution >= 0.6 is 0 Å². The molecule has 238 valence electrons. The van der Waals surface area contributed by atoms with Gasteiger partial charge in [0.15, 0.2) is 0 Å². The van der Waals surface area contributed by atoms with Crippen molar-refractivity contribution < 1.29 is 47.3 Å². The number of aliphatic hydroxyl groups excluding tert-OH is 1. The topological polar surface area (TPSA) is 172 Å². The molecule has 0 rings (SSSR count). The van der Waals surface area contributed by atoms with Gasteiger partial charge in [0, 0.05) is 0 Å². The third-order valence-corrected chi connectivity index (χ3v) is 6.34. The summed E-state index contributed by atoms with van der Waals surface area (Å²) >= 11 is 0. The fourth-order valence-corrected chi connectivity index (χ4v) is 3.62. The standard InChI is InChI=1S/C27H48F2N4O8/c1-12-15(6)19(23(37)40-11)31-22(36)17(13(2)3)32-24(38)27(28,29)20(34)16(7)30-21(35)18(14(4)5)33-25(39)41-26(8,9)10/h13-20,34H,12H2,1-11H3,(H,30,35)(H,31,36)(H,32,38)(H,33,39)/t15-,16-,17-,18-,19-,20+/m0/s1. The highest BCUT2D eigenvalue weighted by atomic mass is 19.3. The Morgan fingerprint density at radius 1 is 0.780 bits per heavy atom. The Hall–Kier alpha value is -3.03. The van der Waals surface area contributed by atoms with Crippen molar-refractivity contribution in [1.82, 2.24) is 21.3 Å². The molecule has 41 heavy (non-hydrogen) atoms. The van der Waals surface area contributed by atoms with E-state index in [2.05, 4.69) is 16.0 Å². The van der Waals surface area contributed by atoms with Crippen LogP contribution in [0.3, 0.4) is 0 Å². The molecule has 0 unspecified atom stereocenters. The first-order valence-electron chi connectivity index (χ1n) is 13.6. The second-order valence-electron chi connectivity index (χ2n) is 11.8. The molecule has 0 aromatic heterocycles. The molecule has 0 spiro atoms. The third kappa shape index (κ3) is 11.8. The summed E-state index contributed by atoms with van der Waals surface area (Å²) in [5.41, 5.74) is -0.847. The molecule has 0 radical (unpaired) electrons. The van der Waals surface area contributed by atoms with Gasteiger partial charge in [0.05, 0.1) is 13.2 Å². The van der Waals surface area contributed by atoms with E-state index in [1.807, 2.05) is 5.32 Å². The van der Waals surface area contributed by atoms with Crippen molar-refractivity contribution in [3.63, 3.8) is 0 Å². The number of carbonyl (C=O) groups excluding carboxylic acids is 5. The Balaban J connectivity index is 5.63. The Morgan fingerprint density at radius 2 is 1.24 bits per heavy atom. The number of methoxy groups -OCH3 is 1. The molecule has 0 aliphatic carbocycles. The zero-order valence-electron chi connectivity index (χ0n) is 25.9. The van der Waals surface area contributed by atoms with E-state index in [0.29, 0.717) is 6.42 Å². The Morgan fingerprint density at radius 3 is 1.66 bits per heavy atom. The van der Waals surface area contributed by atoms with E-state index in [0.717, 1.165) is 14.0 Å². The van der Waals surface area contributed by atoms with Gasteiger partial charge in [-0.2, -0.15) is 8.78 Å². The van der Waals surface area contributed by atoms with Gasteiger partial charge in [-0.1, -0.05) is 48.0 Å². The summed E-state index contributed by atoms with van der Waals surface area (Å²) in [5, 5.41) is 19.3. The van der Waals surface area contributed by atoms with E-state index in [1.54, 1.807) is 48.5 Å². The highest BCUT2D eigenvalue weighted by Crippen LogP contribution is 2.23. The Labute approximate surface area is 241 Å². The second kappa shape index (κ2) is 15.8. The number of alkyl halides is 2. The molecule has 0 fully saturated rings. The van der Waals surface area contributed by atoms with Gasteiger partial charge in [-0.25, -0.2) is 9.59 Å². The maximum Gasteiger partial charge on any atom is 0.408 e. The van der Waals surface area contributed by atoms with E-state index in [1.165, 1.54) is 13.8 Å². The molecule has 0 aromatic rings. The van der Waals surface area contributed by atoms with E-state index in [-0.39, 0.29) is 5.92 Å². The molecule has 0 bridgehead atoms. The maximum absolute atomic E-state index is 15.1. The van der Waals surface area contributed by atoms with Gasteiger partial charge in [-0.3, -0.25) is 14.4 Å². The van der Waals surface area contributed by atoms with Gasteiger partial charge in [0.25, 0.3) is 5.91 Å². The number of carbonyl (C=O) groups is 5. The minimum atomic E-state index is -4.44. The highest BCUT2D eigenvalue weighted by molar-refractivity contribution is 5.93. The van der Waals surface area contributed by atoms with Crippen LogP contribution in [0.25, 0.3) is 0 Å². The van der Waals surface area contributed by atoms with Gasteiger partial charge >= 0.3 is 18.0 Å². The summed E-state index contributed by atoms with van der Waals surface area (Å²) in [6, 6.07) is -5.39. The van der Waals surface area contributed by atoms with Crippen LogP contribution in [-0.2, 0) is 28.7 Å². The van der Waals surface area contributed by atoms with Crippen LogP contribution in [0.5, 0.6) is 0 Å². The summed E-state index contributed by atoms with van der Waals surface area (Å²) in [5.74, 6) is -10.4. The molecule has 14 heteroatoms. The van der Waals surface area contributed by atoms with Crippen molar-refractivity contribution in [2.24, 2.45) is 17.8 Å². The third-order valence-electron chi connectivity index (χ3n) is 6.34. The molecule has 4 amide bonds. The van der Waals surface area contributed by atoms with Gasteiger partial charge < -0.3 is 35.8 Å². The van der Waals surface area contributed by atoms with Crippen LogP contribution in [0.4, 0.5) is 13.6 Å². The number of rotatable bonds is 14. The van der Waals surface area contributed by atoms with Gasteiger partial charge in [0.1, 0.15) is 29.8 Å². The van der Waals surface area contributed by atoms with Gasteiger partial charge in [-0.15, -0.1) is 0 Å². The number of halogens is 2. The lowest BCUT2D eigenvalue weighted by molar-refractivity contribution is -0.169. The number of esters is 1. The molecule has 0 heterocycles. The number of ether oxygens (including phenoxy) is 2. The number of alkyl carbamates (subject to hydrolysis) is 1. The van der Waals surface area contributed by atoms with E-state index < -0.39 is 83.4 Å². The number of amides is 4. The van der Waals surface area contributed by atoms with Crippen molar-refractivity contribution in [2.45, 2.75) is 117 Å². The highest BCUT2D eigenvalue weighted by Gasteiger charge is 2.51. The molecule has 0 aromatic carbocycles. The summed E-state index contributed by atoms with van der Waals surface area (Å²) in [4.78, 5) is 62.6. The molecule has 12 nitrogen and oxygen atoms in total. The van der Waals surface area contributed by atoms with Gasteiger partial charge in [-0.05, 0) is 45.4 Å². The van der Waals surface area contributed by atoms with Crippen LogP contribution in [0.2, 0.25) is 0 Å². The van der Waals surface area contributed by atoms with Crippen molar-refractivity contribution >= 4 is 29.8 Å². The predicted octanol–water partition coefficient (Wildman–Crippen LogP) is 1.88. The fourth-order valence-electron chi connectivity index (χ4n) is 3.62. The summed E-state index contributed by atoms with van der Waals surface area (Å²) in [7, 11) is 1.14. The predicted molar refractivity (Wildman–Crippen MR) is 147 cm³/mol. The fraction of sp³-hybridized carbons (Fsp3) is 0.815. The molecule has 0 aliphatic rings. The van der Waals surface area contributed by atoms with Crippen molar-refractivity contribution in [2.75, 3.05) is 7.11 Å². The number of hydrogen-bond donors (Lipinski definition) is 5. The first-order valence-corrected chi connectivity index (χ1v) is 13.6. The lowest BCUT2D eigenvalue weighted by Crippen LogP contribution is -2.62. The van der Waals surface area contributed by atoms with Crippen LogP contribution in [0, 0.1) is 17.8 Å². The van der Waals surface area contributed by atoms with Crippen molar-refractivity contribution in [3.05, 3.63) is 0 Å². The molecule has 6 atom stereocenters. The molecular formula is C27H48F2N4O8. The monoisotopic (exact) mass is 594 g/mol. The lowest BCUT2D eigenvalue weighted by atomic mass is 9.96. The van der Waals surface area contributed by atoms with E-state index >= 15 is 8.78 Å². The lowest BCUT2D eigenvalue weighted by Gasteiger charge is -2.31. The molecular weight excluding hydrogens is 546 g/mol.